The SMILES string of the molecule is B[C@@H]1CC(=O)[C@@H](C)C(O)O[C@H](CC)[C@@]2(C)OC(=O)N(CCCCn3cc(-c4ccccn4)nn3)[C@@H]2[C@@H](C)NC[C@H](C)C[C@@]1(C)OC. The molecule has 4 heterocycles. The first-order valence-electron chi connectivity index (χ1n) is 16.8. The second-order valence-corrected chi connectivity index (χ2v) is 13.8. The second-order valence-electron chi connectivity index (χ2n) is 13.8. The molecular weight excluding hydrogens is 587 g/mol. The molecule has 1 unspecified atom stereocenters. The van der Waals surface area contributed by atoms with Gasteiger partial charge in [0.1, 0.15) is 25.4 Å². The van der Waals surface area contributed by atoms with E-state index < -0.39 is 35.6 Å². The van der Waals surface area contributed by atoms with Crippen LogP contribution in [0.15, 0.2) is 30.6 Å². The molecule has 0 radical (unpaired) electrons. The highest BCUT2D eigenvalue weighted by Gasteiger charge is 2.57. The van der Waals surface area contributed by atoms with Gasteiger partial charge in [-0.15, -0.1) is 5.10 Å². The molecule has 13 heteroatoms. The lowest BCUT2D eigenvalue weighted by Gasteiger charge is -2.42. The summed E-state index contributed by atoms with van der Waals surface area (Å²) in [4.78, 5) is 33.0. The molecule has 2 fully saturated rings. The standard InChI is InChI=1S/C33H53BN6O6/c1-8-28-33(6)29(23(4)36-19-21(2)18-32(5,44-7)27(34)17-26(41)22(3)30(42)45-28)40(31(43)46-33)16-12-11-15-39-20-25(37-38-39)24-13-9-10-14-35-24/h9-10,13-14,20-23,27-30,36,42H,8,11-12,15-19,34H2,1-7H3/t21-,22-,23-,27-,28-,29-,30?,32-,33-/m1/s1. The van der Waals surface area contributed by atoms with E-state index in [0.29, 0.717) is 31.7 Å². The van der Waals surface area contributed by atoms with Crippen LogP contribution in [-0.2, 0) is 25.5 Å². The van der Waals surface area contributed by atoms with Crippen LogP contribution in [0.4, 0.5) is 4.79 Å². The van der Waals surface area contributed by atoms with Crippen molar-refractivity contribution in [2.24, 2.45) is 11.8 Å². The Balaban J connectivity index is 1.52. The molecule has 46 heavy (non-hydrogen) atoms. The van der Waals surface area contributed by atoms with E-state index in [4.69, 9.17) is 14.2 Å². The van der Waals surface area contributed by atoms with Crippen molar-refractivity contribution >= 4 is 19.7 Å². The van der Waals surface area contributed by atoms with E-state index in [1.807, 2.05) is 46.1 Å². The number of aliphatic hydroxyl groups is 1. The maximum Gasteiger partial charge on any atom is 0.410 e. The summed E-state index contributed by atoms with van der Waals surface area (Å²) < 4.78 is 20.2. The first-order chi connectivity index (χ1) is 21.8. The van der Waals surface area contributed by atoms with Crippen LogP contribution in [0.2, 0.25) is 5.82 Å². The third-order valence-electron chi connectivity index (χ3n) is 10.2. The summed E-state index contributed by atoms with van der Waals surface area (Å²) in [5, 5.41) is 23.3. The van der Waals surface area contributed by atoms with E-state index in [-0.39, 0.29) is 36.0 Å². The highest BCUT2D eigenvalue weighted by Crippen LogP contribution is 2.40. The smallest absolute Gasteiger partial charge is 0.410 e. The van der Waals surface area contributed by atoms with Gasteiger partial charge >= 0.3 is 6.09 Å². The predicted molar refractivity (Wildman–Crippen MR) is 177 cm³/mol. The van der Waals surface area contributed by atoms with Crippen molar-refractivity contribution in [3.05, 3.63) is 30.6 Å². The van der Waals surface area contributed by atoms with Crippen molar-refractivity contribution in [2.45, 2.75) is 122 Å². The van der Waals surface area contributed by atoms with Crippen LogP contribution in [0.25, 0.3) is 11.4 Å². The largest absolute Gasteiger partial charge is 0.438 e. The molecule has 254 valence electrons. The number of aryl methyl sites for hydroxylation is 1. The van der Waals surface area contributed by atoms with E-state index in [1.54, 1.807) is 29.8 Å². The third kappa shape index (κ3) is 7.98. The van der Waals surface area contributed by atoms with Crippen molar-refractivity contribution in [1.82, 2.24) is 30.2 Å². The normalized spacial score (nSPS) is 34.9. The molecule has 0 aromatic carbocycles. The van der Waals surface area contributed by atoms with Crippen molar-refractivity contribution in [2.75, 3.05) is 20.2 Å². The number of fused-ring (bicyclic) bond motifs is 1. The van der Waals surface area contributed by atoms with Crippen LogP contribution in [-0.4, -0.2) is 106 Å². The van der Waals surface area contributed by atoms with E-state index >= 15 is 0 Å². The van der Waals surface area contributed by atoms with Crippen LogP contribution in [0.3, 0.4) is 0 Å². The fraction of sp³-hybridized carbons (Fsp3) is 0.727. The first-order valence-corrected chi connectivity index (χ1v) is 16.8. The van der Waals surface area contributed by atoms with Crippen molar-refractivity contribution < 1.29 is 28.9 Å². The number of pyridine rings is 1. The molecule has 12 nitrogen and oxygen atoms in total. The molecule has 2 aliphatic rings. The zero-order valence-corrected chi connectivity index (χ0v) is 28.8. The lowest BCUT2D eigenvalue weighted by atomic mass is 9.67. The number of Topliss-reactive ketones (excluding diaryl/α,β-unsaturated/α-hetero) is 1. The molecule has 0 spiro atoms. The van der Waals surface area contributed by atoms with Crippen LogP contribution in [0.1, 0.15) is 73.6 Å². The van der Waals surface area contributed by atoms with Crippen LogP contribution >= 0.6 is 0 Å². The number of aliphatic hydroxyl groups excluding tert-OH is 1. The highest BCUT2D eigenvalue weighted by atomic mass is 16.6. The van der Waals surface area contributed by atoms with Gasteiger partial charge in [-0.25, -0.2) is 4.79 Å². The number of carbonyl (C=O) groups is 2. The molecule has 2 aliphatic heterocycles. The van der Waals surface area contributed by atoms with Crippen LogP contribution < -0.4 is 5.32 Å². The van der Waals surface area contributed by atoms with Crippen molar-refractivity contribution in [3.63, 3.8) is 0 Å². The Labute approximate surface area is 274 Å². The van der Waals surface area contributed by atoms with Gasteiger partial charge in [0.05, 0.1) is 29.5 Å². The zero-order chi connectivity index (χ0) is 33.6. The number of nitrogens with zero attached hydrogens (tertiary/aromatic N) is 5. The van der Waals surface area contributed by atoms with Gasteiger partial charge in [-0.1, -0.05) is 32.1 Å². The monoisotopic (exact) mass is 640 g/mol. The summed E-state index contributed by atoms with van der Waals surface area (Å²) in [5.74, 6) is -0.661. The van der Waals surface area contributed by atoms with Crippen LogP contribution in [0.5, 0.6) is 0 Å². The summed E-state index contributed by atoms with van der Waals surface area (Å²) in [6.45, 7) is 13.6. The van der Waals surface area contributed by atoms with Gasteiger partial charge < -0.3 is 24.6 Å². The minimum Gasteiger partial charge on any atom is -0.438 e. The molecule has 4 rings (SSSR count). The quantitative estimate of drug-likeness (QED) is 0.326. The number of ketones is 1. The number of ether oxygens (including phenoxy) is 3. The van der Waals surface area contributed by atoms with E-state index in [9.17, 15) is 14.7 Å². The van der Waals surface area contributed by atoms with Crippen molar-refractivity contribution in [1.29, 1.82) is 0 Å². The van der Waals surface area contributed by atoms with Gasteiger partial charge in [0.25, 0.3) is 0 Å². The van der Waals surface area contributed by atoms with Gasteiger partial charge in [-0.2, -0.15) is 0 Å². The van der Waals surface area contributed by atoms with E-state index in [1.165, 1.54) is 0 Å². The minimum atomic E-state index is -1.34. The second kappa shape index (κ2) is 15.4. The summed E-state index contributed by atoms with van der Waals surface area (Å²) >= 11 is 0. The van der Waals surface area contributed by atoms with Gasteiger partial charge in [0.15, 0.2) is 11.9 Å². The Kier molecular flexibility index (Phi) is 12.0. The topological polar surface area (TPSA) is 141 Å². The zero-order valence-electron chi connectivity index (χ0n) is 28.8. The molecule has 2 aromatic heterocycles. The number of aromatic nitrogens is 4. The fourth-order valence-electron chi connectivity index (χ4n) is 7.11. The first kappa shape index (κ1) is 36.0. The molecule has 2 N–H and O–H groups in total. The minimum absolute atomic E-state index is 0.0564. The molecule has 0 saturated carbocycles. The molecule has 0 aliphatic carbocycles. The molecule has 2 saturated heterocycles. The summed E-state index contributed by atoms with van der Waals surface area (Å²) in [5.41, 5.74) is -0.102. The number of hydrogen-bond acceptors (Lipinski definition) is 10. The van der Waals surface area contributed by atoms with Crippen molar-refractivity contribution in [3.8, 4) is 11.4 Å². The lowest BCUT2D eigenvalue weighted by molar-refractivity contribution is -0.209. The van der Waals surface area contributed by atoms with Gasteiger partial charge in [0.2, 0.25) is 0 Å². The Hall–Kier alpha value is -2.87. The maximum atomic E-state index is 13.5. The number of amides is 1. The average Bonchev–Trinajstić information content (AvgIpc) is 3.61. The predicted octanol–water partition coefficient (Wildman–Crippen LogP) is 3.25. The number of methoxy groups -OCH3 is 1. The molecular formula is C33H53BN6O6. The maximum absolute atomic E-state index is 13.5. The Morgan fingerprint density at radius 2 is 1.89 bits per heavy atom. The Morgan fingerprint density at radius 3 is 2.57 bits per heavy atom. The summed E-state index contributed by atoms with van der Waals surface area (Å²) in [7, 11) is 3.72. The number of nitrogens with one attached hydrogen (secondary N) is 1. The molecule has 2 aromatic rings. The summed E-state index contributed by atoms with van der Waals surface area (Å²) in [6.07, 6.45) is 4.22. The van der Waals surface area contributed by atoms with Crippen LogP contribution in [0, 0.1) is 11.8 Å². The Morgan fingerprint density at radius 1 is 1.15 bits per heavy atom. The molecule has 9 atom stereocenters. The van der Waals surface area contributed by atoms with Gasteiger partial charge in [-0.3, -0.25) is 19.4 Å². The molecule has 0 bridgehead atoms. The number of carbonyl (C=O) groups excluding carboxylic acids is 2. The average molecular weight is 641 g/mol. The van der Waals surface area contributed by atoms with Gasteiger partial charge in [0, 0.05) is 38.9 Å². The summed E-state index contributed by atoms with van der Waals surface area (Å²) in [6, 6.07) is 5.15. The number of rotatable bonds is 8. The molecule has 1 amide bonds. The highest BCUT2D eigenvalue weighted by molar-refractivity contribution is 6.14. The Bertz CT molecular complexity index is 1300. The fourth-order valence-corrected chi connectivity index (χ4v) is 7.11. The van der Waals surface area contributed by atoms with E-state index in [2.05, 4.69) is 41.4 Å². The number of hydrogen-bond donors (Lipinski definition) is 2. The number of unbranched alkanes of at least 4 members (excludes halogenated alkanes) is 1. The third-order valence-corrected chi connectivity index (χ3v) is 10.2. The van der Waals surface area contributed by atoms with E-state index in [0.717, 1.165) is 25.0 Å². The van der Waals surface area contributed by atoms with Gasteiger partial charge in [-0.05, 0) is 76.9 Å². The lowest BCUT2D eigenvalue weighted by Crippen LogP contribution is -2.61.